The number of guanidine groups is 1. The molecule has 3 aromatic rings. The highest BCUT2D eigenvalue weighted by Gasteiger charge is 2.11. The van der Waals surface area contributed by atoms with Crippen LogP contribution in [0.5, 0.6) is 0 Å². The van der Waals surface area contributed by atoms with E-state index in [0.717, 1.165) is 22.3 Å². The molecule has 27 heavy (non-hydrogen) atoms. The summed E-state index contributed by atoms with van der Waals surface area (Å²) in [6.07, 6.45) is 0. The third kappa shape index (κ3) is 4.19. The number of aliphatic imine (C=N–C) groups is 1. The lowest BCUT2D eigenvalue weighted by Gasteiger charge is -2.11. The highest BCUT2D eigenvalue weighted by atomic mass is 35.5. The molecule has 0 fully saturated rings. The number of benzene rings is 3. The summed E-state index contributed by atoms with van der Waals surface area (Å²) in [5.41, 5.74) is 27.1. The molecule has 0 aliphatic carbocycles. The molecule has 1 amide bonds. The van der Waals surface area contributed by atoms with Gasteiger partial charge in [-0.3, -0.25) is 4.79 Å². The van der Waals surface area contributed by atoms with Crippen molar-refractivity contribution in [3.05, 3.63) is 71.2 Å². The van der Waals surface area contributed by atoms with E-state index in [2.05, 4.69) is 4.99 Å². The summed E-state index contributed by atoms with van der Waals surface area (Å²) in [7, 11) is 0. The molecule has 0 saturated carbocycles. The third-order valence-electron chi connectivity index (χ3n) is 4.00. The van der Waals surface area contributed by atoms with Gasteiger partial charge in [-0.15, -0.1) is 0 Å². The Balaban J connectivity index is 2.12. The maximum absolute atomic E-state index is 11.8. The molecule has 3 aromatic carbocycles. The summed E-state index contributed by atoms with van der Waals surface area (Å²) in [4.78, 5) is 15.8. The Morgan fingerprint density at radius 3 is 2.07 bits per heavy atom. The average Bonchev–Trinajstić information content (AvgIpc) is 2.61. The van der Waals surface area contributed by atoms with Crippen molar-refractivity contribution in [1.29, 1.82) is 0 Å². The van der Waals surface area contributed by atoms with E-state index in [-0.39, 0.29) is 5.96 Å². The molecule has 0 saturated heterocycles. The van der Waals surface area contributed by atoms with Gasteiger partial charge in [-0.2, -0.15) is 0 Å². The lowest BCUT2D eigenvalue weighted by Crippen LogP contribution is -2.21. The van der Waals surface area contributed by atoms with Gasteiger partial charge in [0.15, 0.2) is 5.96 Å². The molecular formula is C20H18ClN5O. The van der Waals surface area contributed by atoms with E-state index in [1.165, 1.54) is 0 Å². The van der Waals surface area contributed by atoms with Crippen LogP contribution in [0.1, 0.15) is 10.4 Å². The van der Waals surface area contributed by atoms with Gasteiger partial charge in [-0.05, 0) is 59.2 Å². The first-order valence-electron chi connectivity index (χ1n) is 8.04. The Morgan fingerprint density at radius 2 is 1.48 bits per heavy atom. The number of hydrogen-bond donors (Lipinski definition) is 4. The van der Waals surface area contributed by atoms with Gasteiger partial charge in [0.2, 0.25) is 5.91 Å². The average molecular weight is 380 g/mol. The molecule has 0 unspecified atom stereocenters. The van der Waals surface area contributed by atoms with E-state index >= 15 is 0 Å². The monoisotopic (exact) mass is 379 g/mol. The van der Waals surface area contributed by atoms with Crippen molar-refractivity contribution in [2.24, 2.45) is 22.2 Å². The number of carbonyl (C=O) groups excluding carboxylic acids is 1. The van der Waals surface area contributed by atoms with Crippen LogP contribution in [-0.4, -0.2) is 11.9 Å². The zero-order valence-electron chi connectivity index (χ0n) is 14.3. The molecule has 0 bridgehead atoms. The highest BCUT2D eigenvalue weighted by Crippen LogP contribution is 2.33. The maximum Gasteiger partial charge on any atom is 0.248 e. The number of rotatable bonds is 4. The number of anilines is 1. The van der Waals surface area contributed by atoms with Crippen LogP contribution in [0.3, 0.4) is 0 Å². The summed E-state index contributed by atoms with van der Waals surface area (Å²) >= 11 is 5.98. The number of nitrogens with zero attached hydrogens (tertiary/aromatic N) is 1. The minimum Gasteiger partial charge on any atom is -0.398 e. The highest BCUT2D eigenvalue weighted by molar-refractivity contribution is 6.31. The van der Waals surface area contributed by atoms with E-state index in [1.54, 1.807) is 36.4 Å². The molecule has 6 nitrogen and oxygen atoms in total. The van der Waals surface area contributed by atoms with E-state index in [0.29, 0.717) is 22.0 Å². The van der Waals surface area contributed by atoms with Gasteiger partial charge < -0.3 is 22.9 Å². The lowest BCUT2D eigenvalue weighted by molar-refractivity contribution is 0.100. The van der Waals surface area contributed by atoms with Crippen molar-refractivity contribution < 1.29 is 4.79 Å². The van der Waals surface area contributed by atoms with Crippen LogP contribution in [0.25, 0.3) is 22.3 Å². The second kappa shape index (κ2) is 7.39. The second-order valence-electron chi connectivity index (χ2n) is 5.98. The second-order valence-corrected chi connectivity index (χ2v) is 6.41. The number of carbonyl (C=O) groups is 1. The van der Waals surface area contributed by atoms with Gasteiger partial charge in [0, 0.05) is 21.8 Å². The normalized spacial score (nSPS) is 10.4. The maximum atomic E-state index is 11.8. The molecule has 7 heteroatoms. The fraction of sp³-hybridized carbons (Fsp3) is 0. The summed E-state index contributed by atoms with van der Waals surface area (Å²) in [5, 5.41) is 0.540. The van der Waals surface area contributed by atoms with E-state index in [9.17, 15) is 4.79 Å². The predicted octanol–water partition coefficient (Wildman–Crippen LogP) is 3.26. The van der Waals surface area contributed by atoms with Gasteiger partial charge >= 0.3 is 0 Å². The first kappa shape index (κ1) is 18.3. The quantitative estimate of drug-likeness (QED) is 0.314. The number of primary amides is 1. The Bertz CT molecular complexity index is 1040. The topological polar surface area (TPSA) is 134 Å². The van der Waals surface area contributed by atoms with E-state index in [1.807, 2.05) is 24.3 Å². The summed E-state index contributed by atoms with van der Waals surface area (Å²) in [6, 6.07) is 17.9. The molecule has 0 aliphatic heterocycles. The van der Waals surface area contributed by atoms with Gasteiger partial charge in [-0.25, -0.2) is 4.99 Å². The standard InChI is InChI=1S/C20H18ClN5O/c21-15-3-6-17(18(22)10-15)13-7-12(8-14(9-13)19(23)27)11-1-4-16(5-2-11)26-20(24)25/h1-10H,22H2,(H2,23,27)(H4,24,25,26). The van der Waals surface area contributed by atoms with Crippen LogP contribution >= 0.6 is 11.6 Å². The van der Waals surface area contributed by atoms with Crippen molar-refractivity contribution in [1.82, 2.24) is 0 Å². The van der Waals surface area contributed by atoms with Crippen molar-refractivity contribution in [3.63, 3.8) is 0 Å². The van der Waals surface area contributed by atoms with Crippen LogP contribution in [0.4, 0.5) is 11.4 Å². The first-order valence-corrected chi connectivity index (χ1v) is 8.41. The van der Waals surface area contributed by atoms with Crippen LogP contribution < -0.4 is 22.9 Å². The largest absolute Gasteiger partial charge is 0.398 e. The van der Waals surface area contributed by atoms with Crippen molar-refractivity contribution in [3.8, 4) is 22.3 Å². The van der Waals surface area contributed by atoms with Crippen molar-refractivity contribution in [2.45, 2.75) is 0 Å². The van der Waals surface area contributed by atoms with Gasteiger partial charge in [-0.1, -0.05) is 29.8 Å². The third-order valence-corrected chi connectivity index (χ3v) is 4.24. The molecule has 136 valence electrons. The molecule has 0 aliphatic rings. The zero-order chi connectivity index (χ0) is 19.6. The Hall–Kier alpha value is -3.51. The Morgan fingerprint density at radius 1 is 0.815 bits per heavy atom. The van der Waals surface area contributed by atoms with Crippen LogP contribution in [0, 0.1) is 0 Å². The predicted molar refractivity (Wildman–Crippen MR) is 111 cm³/mol. The Kier molecular flexibility index (Phi) is 5.00. The Labute approximate surface area is 161 Å². The summed E-state index contributed by atoms with van der Waals surface area (Å²) in [6.45, 7) is 0. The lowest BCUT2D eigenvalue weighted by atomic mass is 9.95. The molecule has 3 rings (SSSR count). The molecule has 0 atom stereocenters. The smallest absolute Gasteiger partial charge is 0.248 e. The van der Waals surface area contributed by atoms with Crippen LogP contribution in [0.2, 0.25) is 5.02 Å². The molecule has 0 spiro atoms. The number of halogens is 1. The van der Waals surface area contributed by atoms with Crippen molar-refractivity contribution >= 4 is 34.8 Å². The summed E-state index contributed by atoms with van der Waals surface area (Å²) in [5.74, 6) is -0.540. The fourth-order valence-electron chi connectivity index (χ4n) is 2.77. The molecular weight excluding hydrogens is 362 g/mol. The fourth-order valence-corrected chi connectivity index (χ4v) is 2.95. The molecule has 0 aromatic heterocycles. The molecule has 8 N–H and O–H groups in total. The minimum atomic E-state index is -0.525. The van der Waals surface area contributed by atoms with Crippen LogP contribution in [-0.2, 0) is 0 Å². The number of nitrogens with two attached hydrogens (primary N) is 4. The van der Waals surface area contributed by atoms with E-state index < -0.39 is 5.91 Å². The summed E-state index contributed by atoms with van der Waals surface area (Å²) < 4.78 is 0. The van der Waals surface area contributed by atoms with Crippen LogP contribution in [0.15, 0.2) is 65.7 Å². The first-order chi connectivity index (χ1) is 12.8. The molecule has 0 radical (unpaired) electrons. The zero-order valence-corrected chi connectivity index (χ0v) is 15.1. The number of hydrogen-bond acceptors (Lipinski definition) is 3. The number of amides is 1. The molecule has 0 heterocycles. The SMILES string of the molecule is NC(=O)c1cc(-c2ccc(N=C(N)N)cc2)cc(-c2ccc(Cl)cc2N)c1. The van der Waals surface area contributed by atoms with Gasteiger partial charge in [0.1, 0.15) is 0 Å². The van der Waals surface area contributed by atoms with Crippen molar-refractivity contribution in [2.75, 3.05) is 5.73 Å². The minimum absolute atomic E-state index is 0.0148. The van der Waals surface area contributed by atoms with Gasteiger partial charge in [0.05, 0.1) is 5.69 Å². The number of nitrogen functional groups attached to an aromatic ring is 1. The van der Waals surface area contributed by atoms with E-state index in [4.69, 9.17) is 34.5 Å². The van der Waals surface area contributed by atoms with Gasteiger partial charge in [0.25, 0.3) is 0 Å².